The summed E-state index contributed by atoms with van der Waals surface area (Å²) >= 11 is 0. The van der Waals surface area contributed by atoms with E-state index in [9.17, 15) is 0 Å². The molecule has 4 saturated carbocycles. The van der Waals surface area contributed by atoms with E-state index in [-0.39, 0.29) is 199 Å². The molecule has 4 aromatic carbocycles. The molecule has 0 aromatic heterocycles. The molecule has 4 aromatic rings. The standard InChI is InChI=1S/C56H72N8.8CHO2.4Ca/c1-5-19-33(20-6-1)43-44(34-21-7-2-8-22-34)46(36-25-11-4-12-26-36)48-47(45(43)35-23-9-3-10-24-35)55-62-53-41-31-17-15-29-39(41)51(60-53)58-49-37-27-13-14-28-38(37)50(57-49)59-52-40-30-16-18-32-42(40)54(61-52)63-56(48)64-55;8*2-1-3;;;;/h1-12,19-26,37-64H,13-18,27-32H2;8*(H,2,3);;;;/q;8*-1;4*+2. The van der Waals surface area contributed by atoms with E-state index < -0.39 is 0 Å². The van der Waals surface area contributed by atoms with Gasteiger partial charge in [-0.3, -0.25) is 42.5 Å². The van der Waals surface area contributed by atoms with Crippen LogP contribution in [0.5, 0.6) is 0 Å². The molecule has 5 aliphatic heterocycles. The second-order valence-electron chi connectivity index (χ2n) is 22.6. The third kappa shape index (κ3) is 23.5. The van der Waals surface area contributed by atoms with E-state index in [1.54, 1.807) is 0 Å². The first-order valence-electron chi connectivity index (χ1n) is 29.5. The monoisotopic (exact) mass is 1380 g/mol. The molecule has 480 valence electrons. The van der Waals surface area contributed by atoms with Crippen molar-refractivity contribution in [3.05, 3.63) is 144 Å². The van der Waals surface area contributed by atoms with Crippen molar-refractivity contribution < 1.29 is 79.2 Å². The fraction of sp³-hybridized carbons (Fsp3) is 0.500. The van der Waals surface area contributed by atoms with E-state index in [0.29, 0.717) is 124 Å². The first-order chi connectivity index (χ1) is 43.1. The number of hydrogen-bond donors (Lipinski definition) is 16. The van der Waals surface area contributed by atoms with Crippen molar-refractivity contribution in [2.45, 2.75) is 150 Å². The van der Waals surface area contributed by atoms with Gasteiger partial charge in [0.1, 0.15) is 0 Å². The van der Waals surface area contributed by atoms with Gasteiger partial charge in [-0.2, -0.15) is 0 Å². The Morgan fingerprint density at radius 3 is 0.554 bits per heavy atom. The second kappa shape index (κ2) is 49.0. The summed E-state index contributed by atoms with van der Waals surface area (Å²) in [6, 6.07) is 46.8. The van der Waals surface area contributed by atoms with Crippen LogP contribution in [0.1, 0.15) is 123 Å². The summed E-state index contributed by atoms with van der Waals surface area (Å²) in [5, 5.41) is 89.5. The molecular weight excluding hydrogens is 1300 g/mol. The van der Waals surface area contributed by atoms with Crippen molar-refractivity contribution in [3.8, 4) is 0 Å². The Bertz CT molecular complexity index is 2440. The van der Waals surface area contributed by atoms with Crippen LogP contribution in [-0.2, 0) is 38.4 Å². The maximum Gasteiger partial charge on any atom is 2.00 e. The van der Waals surface area contributed by atoms with Crippen molar-refractivity contribution in [2.75, 3.05) is 0 Å². The third-order valence-corrected chi connectivity index (χ3v) is 19.0. The molecule has 5 saturated heterocycles. The van der Waals surface area contributed by atoms with Crippen LogP contribution in [0.15, 0.2) is 121 Å². The molecule has 9 aliphatic rings. The fourth-order valence-electron chi connectivity index (χ4n) is 16.6. The summed E-state index contributed by atoms with van der Waals surface area (Å²) in [5.74, 6) is 5.45. The summed E-state index contributed by atoms with van der Waals surface area (Å²) in [7, 11) is 0. The molecule has 0 spiro atoms. The minimum atomic E-state index is 0. The molecule has 20 unspecified atom stereocenters. The maximum absolute atomic E-state index is 8.24. The van der Waals surface area contributed by atoms with E-state index in [0.717, 1.165) is 0 Å². The number of aliphatic hydroxyl groups excluding tert-OH is 8. The number of fused-ring (bicyclic) bond motifs is 20. The van der Waals surface area contributed by atoms with Crippen molar-refractivity contribution in [2.24, 2.45) is 47.3 Å². The van der Waals surface area contributed by atoms with E-state index in [4.69, 9.17) is 79.2 Å². The minimum absolute atomic E-state index is 0. The average molecular weight is 1380 g/mol. The van der Waals surface area contributed by atoms with Gasteiger partial charge in [-0.25, -0.2) is 0 Å². The molecule has 24 nitrogen and oxygen atoms in total. The van der Waals surface area contributed by atoms with Crippen molar-refractivity contribution in [1.82, 2.24) is 42.5 Å². The number of benzene rings is 4. The van der Waals surface area contributed by atoms with E-state index in [1.165, 1.54) is 99.3 Å². The molecule has 9 fully saturated rings. The molecule has 5 heterocycles. The number of rotatable bonds is 4. The molecule has 0 amide bonds. The summed E-state index contributed by atoms with van der Waals surface area (Å²) in [4.78, 5) is 65.9. The maximum atomic E-state index is 8.24. The summed E-state index contributed by atoms with van der Waals surface area (Å²) in [5.41, 5.74) is 5.84. The Labute approximate surface area is 657 Å². The molecule has 28 heteroatoms. The molecule has 92 heavy (non-hydrogen) atoms. The SMILES string of the molecule is O=[C-]O.O=[C-]O.O=[C-]O.O=[C-]O.O=[C-]O.O=[C-]O.O=[C-]O.O=[C-]O.[Ca+2].[Ca+2].[Ca+2].[Ca+2].c1ccc(C2C(c3ccccc3)C(c3ccccc3)C3C4NC5NC(NC6NC(NC7NC(NC(N4)C3C2c2ccccc2)C2CCCCC72)C2CCCCC62)C2CCCCC52)cc1. The molecule has 0 radical (unpaired) electrons. The Balaban J connectivity index is 0.00000133. The van der Waals surface area contributed by atoms with Gasteiger partial charge >= 0.3 is 151 Å². The second-order valence-corrected chi connectivity index (χ2v) is 22.6. The van der Waals surface area contributed by atoms with Gasteiger partial charge in [-0.05, 0) is 120 Å². The normalized spacial score (nSPS) is 32.3. The fourth-order valence-corrected chi connectivity index (χ4v) is 16.6. The quantitative estimate of drug-likeness (QED) is 0.103. The van der Waals surface area contributed by atoms with Gasteiger partial charge in [0.25, 0.3) is 0 Å². The van der Waals surface area contributed by atoms with Gasteiger partial charge in [0.2, 0.25) is 0 Å². The van der Waals surface area contributed by atoms with Crippen LogP contribution in [0, 0.1) is 47.3 Å². The minimum Gasteiger partial charge on any atom is -0.665 e. The van der Waals surface area contributed by atoms with Crippen LogP contribution in [0.25, 0.3) is 0 Å². The first-order valence-corrected chi connectivity index (χ1v) is 29.5. The van der Waals surface area contributed by atoms with Crippen molar-refractivity contribution in [3.63, 3.8) is 0 Å². The largest absolute Gasteiger partial charge is 2.00 e. The van der Waals surface area contributed by atoms with Gasteiger partial charge < -0.3 is 79.2 Å². The smallest absolute Gasteiger partial charge is 0.665 e. The summed E-state index contributed by atoms with van der Waals surface area (Å²) in [6.07, 6.45) is 17.8. The average Bonchev–Trinajstić information content (AvgIpc) is 1.39. The zero-order valence-corrected chi connectivity index (χ0v) is 60.1. The summed E-state index contributed by atoms with van der Waals surface area (Å²) in [6.45, 7) is 4.00. The van der Waals surface area contributed by atoms with E-state index >= 15 is 0 Å². The number of nitrogens with one attached hydrogen (secondary N) is 8. The number of hydrogen-bond acceptors (Lipinski definition) is 16. The first kappa shape index (κ1) is 87.4. The van der Waals surface area contributed by atoms with Crippen molar-refractivity contribution >= 4 is 203 Å². The molecule has 13 rings (SSSR count). The predicted octanol–water partition coefficient (Wildman–Crippen LogP) is 3.55. The van der Waals surface area contributed by atoms with Gasteiger partial charge in [-0.15, -0.1) is 0 Å². The third-order valence-electron chi connectivity index (χ3n) is 19.0. The topological polar surface area (TPSA) is 395 Å². The van der Waals surface area contributed by atoms with Crippen LogP contribution in [0.2, 0.25) is 0 Å². The molecular formula is C64H80Ca4N8O16. The van der Waals surface area contributed by atoms with E-state index in [2.05, 4.69) is 164 Å². The predicted molar refractivity (Wildman–Crippen MR) is 345 cm³/mol. The van der Waals surface area contributed by atoms with Gasteiger partial charge in [0.15, 0.2) is 0 Å². The van der Waals surface area contributed by atoms with Crippen LogP contribution >= 0.6 is 0 Å². The Hall–Kier alpha value is -2.64. The molecule has 16 N–H and O–H groups in total. The zero-order valence-electron chi connectivity index (χ0n) is 51.3. The van der Waals surface area contributed by atoms with Crippen LogP contribution in [0.4, 0.5) is 0 Å². The zero-order chi connectivity index (χ0) is 63.8. The Morgan fingerprint density at radius 2 is 0.380 bits per heavy atom. The molecule has 20 atom stereocenters. The van der Waals surface area contributed by atoms with Crippen LogP contribution < -0.4 is 42.5 Å². The van der Waals surface area contributed by atoms with Crippen LogP contribution in [-0.4, -0.2) is 293 Å². The Kier molecular flexibility index (Phi) is 46.5. The van der Waals surface area contributed by atoms with Gasteiger partial charge in [-0.1, -0.05) is 212 Å². The van der Waals surface area contributed by atoms with E-state index in [1.807, 2.05) is 0 Å². The Morgan fingerprint density at radius 1 is 0.239 bits per heavy atom. The van der Waals surface area contributed by atoms with Gasteiger partial charge in [0, 0.05) is 11.8 Å². The van der Waals surface area contributed by atoms with Crippen LogP contribution in [0.3, 0.4) is 0 Å². The molecule has 8 bridgehead atoms. The summed E-state index contributed by atoms with van der Waals surface area (Å²) < 4.78 is 0. The van der Waals surface area contributed by atoms with Crippen molar-refractivity contribution in [1.29, 1.82) is 0 Å². The van der Waals surface area contributed by atoms with Gasteiger partial charge in [0.05, 0.1) is 49.3 Å². The molecule has 4 aliphatic carbocycles.